The molecule has 7 heteroatoms. The molecule has 0 radical (unpaired) electrons. The molecule has 1 aliphatic heterocycles. The van der Waals surface area contributed by atoms with E-state index in [-0.39, 0.29) is 5.91 Å². The number of carbonyl (C=O) groups is 2. The van der Waals surface area contributed by atoms with Gasteiger partial charge in [-0.3, -0.25) is 24.7 Å². The van der Waals surface area contributed by atoms with Gasteiger partial charge in [0.1, 0.15) is 0 Å². The zero-order valence-electron chi connectivity index (χ0n) is 18.4. The standard InChI is InChI=1S/C26H26N4O3/c1-3-12-30-15-22(26(32)29-33)24(16-30)28-25(31)19-10-8-18(9-11-19)14-20-13-17(2)27-23-7-5-4-6-21(20)23/h1,4-11,13,22,24,33H,12,14-16H2,2H3,(H,28,31)(H,29,32)/t22?,24-/m1/s1. The minimum absolute atomic E-state index is 0.268. The Morgan fingerprint density at radius 3 is 2.67 bits per heavy atom. The van der Waals surface area contributed by atoms with Gasteiger partial charge < -0.3 is 5.32 Å². The van der Waals surface area contributed by atoms with E-state index in [1.807, 2.05) is 42.2 Å². The van der Waals surface area contributed by atoms with Crippen molar-refractivity contribution in [3.05, 3.63) is 77.0 Å². The zero-order chi connectivity index (χ0) is 23.4. The molecule has 0 spiro atoms. The summed E-state index contributed by atoms with van der Waals surface area (Å²) in [5.41, 5.74) is 6.41. The van der Waals surface area contributed by atoms with Crippen LogP contribution in [0.3, 0.4) is 0 Å². The number of amides is 2. The summed E-state index contributed by atoms with van der Waals surface area (Å²) in [6, 6.07) is 17.2. The lowest BCUT2D eigenvalue weighted by atomic mass is 9.99. The summed E-state index contributed by atoms with van der Waals surface area (Å²) < 4.78 is 0. The molecule has 7 nitrogen and oxygen atoms in total. The van der Waals surface area contributed by atoms with Crippen molar-refractivity contribution in [3.63, 3.8) is 0 Å². The maximum Gasteiger partial charge on any atom is 0.251 e. The summed E-state index contributed by atoms with van der Waals surface area (Å²) >= 11 is 0. The third-order valence-electron chi connectivity index (χ3n) is 6.01. The number of aromatic nitrogens is 1. The number of likely N-dealkylation sites (tertiary alicyclic amines) is 1. The number of fused-ring (bicyclic) bond motifs is 1. The molecule has 2 atom stereocenters. The van der Waals surface area contributed by atoms with E-state index in [1.54, 1.807) is 17.6 Å². The second kappa shape index (κ2) is 9.82. The topological polar surface area (TPSA) is 94.6 Å². The van der Waals surface area contributed by atoms with Crippen LogP contribution >= 0.6 is 0 Å². The Kier molecular flexibility index (Phi) is 6.68. The molecule has 4 rings (SSSR count). The van der Waals surface area contributed by atoms with Crippen molar-refractivity contribution in [1.29, 1.82) is 0 Å². The average molecular weight is 443 g/mol. The SMILES string of the molecule is C#CCN1CC(C(=O)NO)[C@H](NC(=O)c2ccc(Cc3cc(C)nc4ccccc34)cc2)C1. The van der Waals surface area contributed by atoms with Crippen LogP contribution in [0.4, 0.5) is 0 Å². The minimum atomic E-state index is -0.574. The number of rotatable bonds is 6. The molecular formula is C26H26N4O3. The Hall–Kier alpha value is -3.73. The lowest BCUT2D eigenvalue weighted by Crippen LogP contribution is -2.45. The summed E-state index contributed by atoms with van der Waals surface area (Å²) in [6.07, 6.45) is 6.11. The van der Waals surface area contributed by atoms with Crippen LogP contribution in [0, 0.1) is 25.2 Å². The summed E-state index contributed by atoms with van der Waals surface area (Å²) in [5, 5.41) is 13.1. The molecule has 1 unspecified atom stereocenters. The van der Waals surface area contributed by atoms with Crippen LogP contribution in [0.5, 0.6) is 0 Å². The number of hydroxylamine groups is 1. The van der Waals surface area contributed by atoms with Gasteiger partial charge in [-0.1, -0.05) is 36.3 Å². The van der Waals surface area contributed by atoms with E-state index in [0.717, 1.165) is 28.6 Å². The van der Waals surface area contributed by atoms with Gasteiger partial charge >= 0.3 is 0 Å². The summed E-state index contributed by atoms with van der Waals surface area (Å²) in [5.74, 6) is 1.17. The zero-order valence-corrected chi connectivity index (χ0v) is 18.4. The first-order chi connectivity index (χ1) is 16.0. The normalized spacial score (nSPS) is 18.1. The molecular weight excluding hydrogens is 416 g/mol. The van der Waals surface area contributed by atoms with Gasteiger partial charge in [-0.05, 0) is 48.7 Å². The van der Waals surface area contributed by atoms with Crippen molar-refractivity contribution in [2.45, 2.75) is 19.4 Å². The fourth-order valence-corrected chi connectivity index (χ4v) is 4.43. The van der Waals surface area contributed by atoms with Crippen LogP contribution in [-0.2, 0) is 11.2 Å². The van der Waals surface area contributed by atoms with Crippen molar-refractivity contribution < 1.29 is 14.8 Å². The Bertz CT molecular complexity index is 1220. The van der Waals surface area contributed by atoms with Crippen molar-refractivity contribution in [3.8, 4) is 12.3 Å². The maximum absolute atomic E-state index is 12.8. The smallest absolute Gasteiger partial charge is 0.251 e. The molecule has 33 heavy (non-hydrogen) atoms. The first-order valence-electron chi connectivity index (χ1n) is 10.8. The van der Waals surface area contributed by atoms with Crippen LogP contribution in [0.15, 0.2) is 54.6 Å². The van der Waals surface area contributed by atoms with E-state index in [9.17, 15) is 9.59 Å². The number of hydrogen-bond acceptors (Lipinski definition) is 5. The third kappa shape index (κ3) is 5.03. The Labute approximate surface area is 192 Å². The van der Waals surface area contributed by atoms with Crippen LogP contribution in [-0.4, -0.2) is 52.6 Å². The number of para-hydroxylation sites is 1. The highest BCUT2D eigenvalue weighted by atomic mass is 16.5. The van der Waals surface area contributed by atoms with Crippen LogP contribution in [0.2, 0.25) is 0 Å². The average Bonchev–Trinajstić information content (AvgIpc) is 3.21. The van der Waals surface area contributed by atoms with Gasteiger partial charge in [0.25, 0.3) is 5.91 Å². The molecule has 1 aromatic heterocycles. The fraction of sp³-hybridized carbons (Fsp3) is 0.269. The number of terminal acetylenes is 1. The molecule has 1 saturated heterocycles. The quantitative estimate of drug-likeness (QED) is 0.309. The highest BCUT2D eigenvalue weighted by molar-refractivity contribution is 5.95. The van der Waals surface area contributed by atoms with E-state index < -0.39 is 17.9 Å². The van der Waals surface area contributed by atoms with Crippen molar-refractivity contribution in [2.75, 3.05) is 19.6 Å². The molecule has 1 fully saturated rings. The van der Waals surface area contributed by atoms with Crippen LogP contribution < -0.4 is 10.8 Å². The molecule has 2 heterocycles. The number of benzene rings is 2. The number of nitrogens with one attached hydrogen (secondary N) is 2. The highest BCUT2D eigenvalue weighted by Crippen LogP contribution is 2.22. The maximum atomic E-state index is 12.8. The molecule has 3 N–H and O–H groups in total. The van der Waals surface area contributed by atoms with E-state index in [4.69, 9.17) is 11.6 Å². The van der Waals surface area contributed by atoms with Gasteiger partial charge in [0, 0.05) is 29.7 Å². The van der Waals surface area contributed by atoms with Gasteiger partial charge in [0.15, 0.2) is 0 Å². The number of aryl methyl sites for hydroxylation is 1. The lowest BCUT2D eigenvalue weighted by Gasteiger charge is -2.18. The van der Waals surface area contributed by atoms with E-state index in [1.165, 1.54) is 5.56 Å². The van der Waals surface area contributed by atoms with Crippen molar-refractivity contribution >= 4 is 22.7 Å². The van der Waals surface area contributed by atoms with Gasteiger partial charge in [-0.15, -0.1) is 6.42 Å². The van der Waals surface area contributed by atoms with E-state index in [0.29, 0.717) is 25.2 Å². The van der Waals surface area contributed by atoms with Gasteiger partial charge in [-0.25, -0.2) is 5.48 Å². The van der Waals surface area contributed by atoms with Crippen molar-refractivity contribution in [2.24, 2.45) is 5.92 Å². The molecule has 2 amide bonds. The summed E-state index contributed by atoms with van der Waals surface area (Å²) in [7, 11) is 0. The number of nitrogens with zero attached hydrogens (tertiary/aromatic N) is 2. The van der Waals surface area contributed by atoms with Gasteiger partial charge in [0.2, 0.25) is 5.91 Å². The highest BCUT2D eigenvalue weighted by Gasteiger charge is 2.38. The molecule has 0 saturated carbocycles. The predicted octanol–water partition coefficient (Wildman–Crippen LogP) is 2.30. The molecule has 3 aromatic rings. The van der Waals surface area contributed by atoms with Crippen LogP contribution in [0.25, 0.3) is 10.9 Å². The Balaban J connectivity index is 1.47. The first-order valence-corrected chi connectivity index (χ1v) is 10.8. The van der Waals surface area contributed by atoms with Crippen molar-refractivity contribution in [1.82, 2.24) is 20.7 Å². The summed E-state index contributed by atoms with van der Waals surface area (Å²) in [6.45, 7) is 3.18. The van der Waals surface area contributed by atoms with E-state index >= 15 is 0 Å². The molecule has 0 aliphatic carbocycles. The Morgan fingerprint density at radius 2 is 1.94 bits per heavy atom. The largest absolute Gasteiger partial charge is 0.347 e. The number of pyridine rings is 1. The molecule has 168 valence electrons. The lowest BCUT2D eigenvalue weighted by molar-refractivity contribution is -0.133. The summed E-state index contributed by atoms with van der Waals surface area (Å²) in [4.78, 5) is 31.4. The second-order valence-electron chi connectivity index (χ2n) is 8.37. The van der Waals surface area contributed by atoms with E-state index in [2.05, 4.69) is 28.4 Å². The fourth-order valence-electron chi connectivity index (χ4n) is 4.43. The minimum Gasteiger partial charge on any atom is -0.347 e. The third-order valence-corrected chi connectivity index (χ3v) is 6.01. The monoisotopic (exact) mass is 442 g/mol. The number of hydrogen-bond donors (Lipinski definition) is 3. The Morgan fingerprint density at radius 1 is 1.18 bits per heavy atom. The van der Waals surface area contributed by atoms with Gasteiger partial charge in [-0.2, -0.15) is 0 Å². The number of carbonyl (C=O) groups excluding carboxylic acids is 2. The second-order valence-corrected chi connectivity index (χ2v) is 8.37. The van der Waals surface area contributed by atoms with Gasteiger partial charge in [0.05, 0.1) is 24.0 Å². The predicted molar refractivity (Wildman–Crippen MR) is 126 cm³/mol. The molecule has 2 aromatic carbocycles. The van der Waals surface area contributed by atoms with Crippen LogP contribution in [0.1, 0.15) is 27.2 Å². The molecule has 1 aliphatic rings. The molecule has 0 bridgehead atoms. The first kappa shape index (κ1) is 22.5.